The minimum Gasteiger partial charge on any atom is -0.478 e. The number of hydrogen-bond donors (Lipinski definition) is 1. The Morgan fingerprint density at radius 2 is 2.12 bits per heavy atom. The van der Waals surface area contributed by atoms with E-state index in [4.69, 9.17) is 9.52 Å². The van der Waals surface area contributed by atoms with Gasteiger partial charge in [-0.2, -0.15) is 0 Å². The average Bonchev–Trinajstić information content (AvgIpc) is 2.65. The summed E-state index contributed by atoms with van der Waals surface area (Å²) in [5.41, 5.74) is -0.0243. The summed E-state index contributed by atoms with van der Waals surface area (Å²) in [5, 5.41) is 8.66. The number of carbonyl (C=O) groups is 1. The van der Waals surface area contributed by atoms with Gasteiger partial charge in [-0.05, 0) is 12.5 Å². The molecule has 6 heteroatoms. The number of sulfone groups is 1. The summed E-state index contributed by atoms with van der Waals surface area (Å²) < 4.78 is 28.2. The molecule has 96 valence electrons. The quantitative estimate of drug-likeness (QED) is 0.759. The normalized spacial score (nSPS) is 11.6. The predicted octanol–water partition coefficient (Wildman–Crippen LogP) is 2.08. The highest BCUT2D eigenvalue weighted by molar-refractivity contribution is 7.90. The van der Waals surface area contributed by atoms with E-state index < -0.39 is 15.8 Å². The Hall–Kier alpha value is -1.30. The molecule has 0 aliphatic heterocycles. The number of rotatable bonds is 7. The maximum atomic E-state index is 11.6. The van der Waals surface area contributed by atoms with Gasteiger partial charge in [-0.3, -0.25) is 0 Å². The van der Waals surface area contributed by atoms with Crippen LogP contribution in [0.5, 0.6) is 0 Å². The fourth-order valence-corrected chi connectivity index (χ4v) is 2.80. The van der Waals surface area contributed by atoms with Gasteiger partial charge in [0.1, 0.15) is 17.8 Å². The molecule has 0 radical (unpaired) electrons. The van der Waals surface area contributed by atoms with Crippen molar-refractivity contribution in [3.05, 3.63) is 23.7 Å². The van der Waals surface area contributed by atoms with Crippen molar-refractivity contribution in [1.29, 1.82) is 0 Å². The van der Waals surface area contributed by atoms with Crippen LogP contribution in [0.25, 0.3) is 0 Å². The van der Waals surface area contributed by atoms with Gasteiger partial charge in [-0.25, -0.2) is 13.2 Å². The first kappa shape index (κ1) is 13.8. The van der Waals surface area contributed by atoms with Crippen LogP contribution in [-0.4, -0.2) is 25.2 Å². The van der Waals surface area contributed by atoms with Crippen molar-refractivity contribution in [3.63, 3.8) is 0 Å². The maximum Gasteiger partial charge on any atom is 0.338 e. The van der Waals surface area contributed by atoms with Crippen LogP contribution >= 0.6 is 0 Å². The van der Waals surface area contributed by atoms with Crippen LogP contribution in [0.1, 0.15) is 42.3 Å². The Labute approximate surface area is 100 Å². The van der Waals surface area contributed by atoms with Crippen molar-refractivity contribution in [3.8, 4) is 0 Å². The Balaban J connectivity index is 2.60. The van der Waals surface area contributed by atoms with Gasteiger partial charge in [0, 0.05) is 0 Å². The van der Waals surface area contributed by atoms with Gasteiger partial charge in [0.05, 0.1) is 11.3 Å². The lowest BCUT2D eigenvalue weighted by Gasteiger charge is -2.01. The third-order valence-corrected chi connectivity index (χ3v) is 3.96. The second kappa shape index (κ2) is 5.86. The van der Waals surface area contributed by atoms with Crippen LogP contribution in [0.15, 0.2) is 16.7 Å². The lowest BCUT2D eigenvalue weighted by atomic mass is 10.3. The molecule has 17 heavy (non-hydrogen) atoms. The van der Waals surface area contributed by atoms with E-state index in [1.165, 1.54) is 6.07 Å². The summed E-state index contributed by atoms with van der Waals surface area (Å²) in [6, 6.07) is 1.25. The van der Waals surface area contributed by atoms with Gasteiger partial charge >= 0.3 is 5.97 Å². The third kappa shape index (κ3) is 4.60. The van der Waals surface area contributed by atoms with Gasteiger partial charge < -0.3 is 9.52 Å². The Morgan fingerprint density at radius 3 is 2.65 bits per heavy atom. The largest absolute Gasteiger partial charge is 0.478 e. The van der Waals surface area contributed by atoms with Crippen molar-refractivity contribution in [2.24, 2.45) is 0 Å². The van der Waals surface area contributed by atoms with E-state index in [2.05, 4.69) is 0 Å². The molecule has 0 saturated carbocycles. The van der Waals surface area contributed by atoms with E-state index in [0.29, 0.717) is 6.42 Å². The van der Waals surface area contributed by atoms with Crippen LogP contribution in [0, 0.1) is 0 Å². The summed E-state index contributed by atoms with van der Waals surface area (Å²) in [4.78, 5) is 10.6. The summed E-state index contributed by atoms with van der Waals surface area (Å²) in [5.74, 6) is -1.06. The number of aromatic carboxylic acids is 1. The van der Waals surface area contributed by atoms with Gasteiger partial charge in [-0.15, -0.1) is 0 Å². The molecule has 0 atom stereocenters. The fraction of sp³-hybridized carbons (Fsp3) is 0.545. The van der Waals surface area contributed by atoms with Crippen LogP contribution in [0.2, 0.25) is 0 Å². The van der Waals surface area contributed by atoms with Crippen molar-refractivity contribution in [2.75, 3.05) is 5.75 Å². The molecule has 0 aliphatic carbocycles. The number of furan rings is 1. The first-order valence-electron chi connectivity index (χ1n) is 5.45. The van der Waals surface area contributed by atoms with E-state index in [0.717, 1.165) is 19.1 Å². The lowest BCUT2D eigenvalue weighted by molar-refractivity contribution is 0.0696. The first-order chi connectivity index (χ1) is 7.94. The van der Waals surface area contributed by atoms with Crippen molar-refractivity contribution < 1.29 is 22.7 Å². The molecule has 1 aromatic heterocycles. The topological polar surface area (TPSA) is 84.6 Å². The van der Waals surface area contributed by atoms with E-state index in [-0.39, 0.29) is 22.8 Å². The second-order valence-corrected chi connectivity index (χ2v) is 6.09. The maximum absolute atomic E-state index is 11.6. The smallest absolute Gasteiger partial charge is 0.338 e. The zero-order valence-corrected chi connectivity index (χ0v) is 10.5. The monoisotopic (exact) mass is 260 g/mol. The van der Waals surface area contributed by atoms with Crippen LogP contribution < -0.4 is 0 Å². The van der Waals surface area contributed by atoms with E-state index in [9.17, 15) is 13.2 Å². The van der Waals surface area contributed by atoms with Gasteiger partial charge in [0.25, 0.3) is 0 Å². The van der Waals surface area contributed by atoms with Crippen molar-refractivity contribution in [1.82, 2.24) is 0 Å². The summed E-state index contributed by atoms with van der Waals surface area (Å²) in [7, 11) is -3.21. The Kier molecular flexibility index (Phi) is 4.74. The van der Waals surface area contributed by atoms with E-state index in [1.807, 2.05) is 6.92 Å². The lowest BCUT2D eigenvalue weighted by Crippen LogP contribution is -2.08. The minimum atomic E-state index is -3.21. The van der Waals surface area contributed by atoms with E-state index >= 15 is 0 Å². The molecule has 0 aliphatic rings. The second-order valence-electron chi connectivity index (χ2n) is 3.91. The molecule has 0 spiro atoms. The first-order valence-corrected chi connectivity index (χ1v) is 7.28. The molecule has 1 heterocycles. The number of carboxylic acids is 1. The highest BCUT2D eigenvalue weighted by Gasteiger charge is 2.16. The molecule has 0 fully saturated rings. The van der Waals surface area contributed by atoms with Crippen LogP contribution in [0.3, 0.4) is 0 Å². The molecule has 0 unspecified atom stereocenters. The number of hydrogen-bond acceptors (Lipinski definition) is 4. The molecule has 0 amide bonds. The Morgan fingerprint density at radius 1 is 1.41 bits per heavy atom. The molecule has 0 aromatic carbocycles. The summed E-state index contributed by atoms with van der Waals surface area (Å²) in [6.45, 7) is 2.00. The molecular weight excluding hydrogens is 244 g/mol. The Bertz CT molecular complexity index is 472. The average molecular weight is 260 g/mol. The minimum absolute atomic E-state index is 0.0243. The summed E-state index contributed by atoms with van der Waals surface area (Å²) in [6.07, 6.45) is 3.52. The molecule has 0 bridgehead atoms. The highest BCUT2D eigenvalue weighted by Crippen LogP contribution is 2.13. The molecule has 0 saturated heterocycles. The molecule has 5 nitrogen and oxygen atoms in total. The molecule has 1 rings (SSSR count). The summed E-state index contributed by atoms with van der Waals surface area (Å²) >= 11 is 0. The molecular formula is C11H16O5S. The number of carboxylic acid groups (broad SMARTS) is 1. The van der Waals surface area contributed by atoms with Crippen LogP contribution in [-0.2, 0) is 15.6 Å². The zero-order chi connectivity index (χ0) is 12.9. The standard InChI is InChI=1S/C11H16O5S/c1-2-3-4-5-17(14,15)8-10-6-9(7-16-10)11(12)13/h6-7H,2-5,8H2,1H3,(H,12,13). The zero-order valence-electron chi connectivity index (χ0n) is 9.68. The number of unbranched alkanes of at least 4 members (excludes halogenated alkanes) is 2. The van der Waals surface area contributed by atoms with Gasteiger partial charge in [0.2, 0.25) is 0 Å². The van der Waals surface area contributed by atoms with E-state index in [1.54, 1.807) is 0 Å². The molecule has 1 N–H and O–H groups in total. The highest BCUT2D eigenvalue weighted by atomic mass is 32.2. The van der Waals surface area contributed by atoms with Crippen LogP contribution in [0.4, 0.5) is 0 Å². The third-order valence-electron chi connectivity index (χ3n) is 2.32. The van der Waals surface area contributed by atoms with Gasteiger partial charge in [-0.1, -0.05) is 19.8 Å². The predicted molar refractivity (Wildman–Crippen MR) is 62.7 cm³/mol. The van der Waals surface area contributed by atoms with Crippen molar-refractivity contribution in [2.45, 2.75) is 31.9 Å². The molecule has 1 aromatic rings. The van der Waals surface area contributed by atoms with Gasteiger partial charge in [0.15, 0.2) is 9.84 Å². The SMILES string of the molecule is CCCCCS(=O)(=O)Cc1cc(C(=O)O)co1. The fourth-order valence-electron chi connectivity index (χ4n) is 1.43. The van der Waals surface area contributed by atoms with Crippen molar-refractivity contribution >= 4 is 15.8 Å².